The van der Waals surface area contributed by atoms with E-state index in [4.69, 9.17) is 4.42 Å². The fourth-order valence-electron chi connectivity index (χ4n) is 3.66. The summed E-state index contributed by atoms with van der Waals surface area (Å²) in [4.78, 5) is 31.4. The Bertz CT molecular complexity index is 1250. The molecule has 0 aliphatic carbocycles. The maximum Gasteiger partial charge on any atom is 0.266 e. The van der Waals surface area contributed by atoms with Crippen LogP contribution in [0.1, 0.15) is 31.8 Å². The lowest BCUT2D eigenvalue weighted by atomic mass is 10.1. The SMILES string of the molecule is Cc1ccccc1-c1nc2cc(N3C(=O)c4ccccc4C3=O)cc(C)c2o1. The number of amides is 2. The van der Waals surface area contributed by atoms with Gasteiger partial charge in [-0.2, -0.15) is 0 Å². The number of benzene rings is 3. The third kappa shape index (κ3) is 2.29. The molecule has 1 aliphatic rings. The highest BCUT2D eigenvalue weighted by molar-refractivity contribution is 6.34. The van der Waals surface area contributed by atoms with Crippen LogP contribution in [-0.4, -0.2) is 16.8 Å². The number of aromatic nitrogens is 1. The summed E-state index contributed by atoms with van der Waals surface area (Å²) >= 11 is 0. The summed E-state index contributed by atoms with van der Waals surface area (Å²) in [6.45, 7) is 3.89. The molecule has 1 aliphatic heterocycles. The molecule has 1 aromatic heterocycles. The van der Waals surface area contributed by atoms with Gasteiger partial charge in [0, 0.05) is 5.56 Å². The number of carbonyl (C=O) groups is 2. The van der Waals surface area contributed by atoms with E-state index in [1.54, 1.807) is 36.4 Å². The van der Waals surface area contributed by atoms with Crippen LogP contribution >= 0.6 is 0 Å². The standard InChI is InChI=1S/C23H16N2O3/c1-13-7-3-4-8-16(13)21-24-19-12-15(11-14(2)20(19)28-21)25-22(26)17-9-5-6-10-18(17)23(25)27/h3-12H,1-2H3. The van der Waals surface area contributed by atoms with E-state index in [-0.39, 0.29) is 11.8 Å². The van der Waals surface area contributed by atoms with Crippen LogP contribution in [0.15, 0.2) is 65.1 Å². The third-order valence-electron chi connectivity index (χ3n) is 5.09. The lowest BCUT2D eigenvalue weighted by Crippen LogP contribution is -2.29. The number of hydrogen-bond donors (Lipinski definition) is 0. The van der Waals surface area contributed by atoms with Crippen LogP contribution in [0.3, 0.4) is 0 Å². The molecule has 0 bridgehead atoms. The Morgan fingerprint density at radius 1 is 0.786 bits per heavy atom. The van der Waals surface area contributed by atoms with Gasteiger partial charge in [-0.3, -0.25) is 9.59 Å². The summed E-state index contributed by atoms with van der Waals surface area (Å²) in [7, 11) is 0. The molecule has 0 spiro atoms. The zero-order valence-electron chi connectivity index (χ0n) is 15.4. The largest absolute Gasteiger partial charge is 0.436 e. The number of fused-ring (bicyclic) bond motifs is 2. The lowest BCUT2D eigenvalue weighted by molar-refractivity contribution is 0.0926. The molecule has 136 valence electrons. The highest BCUT2D eigenvalue weighted by Gasteiger charge is 2.36. The number of imide groups is 1. The summed E-state index contributed by atoms with van der Waals surface area (Å²) in [6, 6.07) is 18.2. The number of aryl methyl sites for hydroxylation is 2. The molecule has 2 heterocycles. The second-order valence-corrected chi connectivity index (χ2v) is 6.94. The predicted octanol–water partition coefficient (Wildman–Crippen LogP) is 4.91. The van der Waals surface area contributed by atoms with Crippen LogP contribution in [0.2, 0.25) is 0 Å². The molecule has 4 aromatic rings. The third-order valence-corrected chi connectivity index (χ3v) is 5.09. The first-order chi connectivity index (χ1) is 13.5. The van der Waals surface area contributed by atoms with Gasteiger partial charge >= 0.3 is 0 Å². The van der Waals surface area contributed by atoms with Crippen molar-refractivity contribution >= 4 is 28.6 Å². The molecule has 0 fully saturated rings. The molecule has 3 aromatic carbocycles. The maximum atomic E-state index is 12.8. The molecule has 0 unspecified atom stereocenters. The van der Waals surface area contributed by atoms with Crippen molar-refractivity contribution in [2.45, 2.75) is 13.8 Å². The van der Waals surface area contributed by atoms with Crippen molar-refractivity contribution in [3.8, 4) is 11.5 Å². The first-order valence-corrected chi connectivity index (χ1v) is 8.99. The lowest BCUT2D eigenvalue weighted by Gasteiger charge is -2.14. The van der Waals surface area contributed by atoms with Gasteiger partial charge in [0.15, 0.2) is 5.58 Å². The summed E-state index contributed by atoms with van der Waals surface area (Å²) in [6.07, 6.45) is 0. The molecular formula is C23H16N2O3. The van der Waals surface area contributed by atoms with Crippen molar-refractivity contribution < 1.29 is 14.0 Å². The van der Waals surface area contributed by atoms with Crippen LogP contribution < -0.4 is 4.90 Å². The quantitative estimate of drug-likeness (QED) is 0.472. The van der Waals surface area contributed by atoms with E-state index >= 15 is 0 Å². The molecule has 0 saturated carbocycles. The van der Waals surface area contributed by atoms with Crippen LogP contribution in [0.4, 0.5) is 5.69 Å². The Morgan fingerprint density at radius 2 is 1.39 bits per heavy atom. The Morgan fingerprint density at radius 3 is 2.04 bits per heavy atom. The van der Waals surface area contributed by atoms with Crippen LogP contribution in [0, 0.1) is 13.8 Å². The Balaban J connectivity index is 1.64. The van der Waals surface area contributed by atoms with Crippen molar-refractivity contribution in [2.75, 3.05) is 4.90 Å². The zero-order valence-corrected chi connectivity index (χ0v) is 15.4. The van der Waals surface area contributed by atoms with Crippen molar-refractivity contribution in [1.82, 2.24) is 4.98 Å². The minimum Gasteiger partial charge on any atom is -0.436 e. The number of hydrogen-bond acceptors (Lipinski definition) is 4. The van der Waals surface area contributed by atoms with Crippen molar-refractivity contribution in [3.05, 3.63) is 82.9 Å². The Labute approximate surface area is 161 Å². The van der Waals surface area contributed by atoms with Crippen LogP contribution in [0.5, 0.6) is 0 Å². The van der Waals surface area contributed by atoms with Gasteiger partial charge in [-0.15, -0.1) is 0 Å². The van der Waals surface area contributed by atoms with Gasteiger partial charge < -0.3 is 4.42 Å². The smallest absolute Gasteiger partial charge is 0.266 e. The van der Waals surface area contributed by atoms with Gasteiger partial charge in [0.25, 0.3) is 11.8 Å². The van der Waals surface area contributed by atoms with Gasteiger partial charge in [-0.25, -0.2) is 9.88 Å². The van der Waals surface area contributed by atoms with E-state index in [1.807, 2.05) is 38.1 Å². The molecular weight excluding hydrogens is 352 g/mol. The molecule has 0 saturated heterocycles. The number of oxazole rings is 1. The minimum absolute atomic E-state index is 0.318. The average molecular weight is 368 g/mol. The van der Waals surface area contributed by atoms with Gasteiger partial charge in [0.05, 0.1) is 16.8 Å². The molecule has 0 N–H and O–H groups in total. The fraction of sp³-hybridized carbons (Fsp3) is 0.0870. The fourth-order valence-corrected chi connectivity index (χ4v) is 3.66. The highest BCUT2D eigenvalue weighted by atomic mass is 16.3. The zero-order chi connectivity index (χ0) is 19.4. The first-order valence-electron chi connectivity index (χ1n) is 8.99. The number of nitrogens with zero attached hydrogens (tertiary/aromatic N) is 2. The summed E-state index contributed by atoms with van der Waals surface area (Å²) in [5.74, 6) is -0.111. The highest BCUT2D eigenvalue weighted by Crippen LogP contribution is 2.34. The Hall–Kier alpha value is -3.73. The molecule has 0 radical (unpaired) electrons. The Kier molecular flexibility index (Phi) is 3.46. The monoisotopic (exact) mass is 368 g/mol. The van der Waals surface area contributed by atoms with Crippen LogP contribution in [-0.2, 0) is 0 Å². The normalized spacial score (nSPS) is 13.4. The van der Waals surface area contributed by atoms with Gasteiger partial charge in [-0.1, -0.05) is 30.3 Å². The molecule has 5 heteroatoms. The van der Waals surface area contributed by atoms with Gasteiger partial charge in [0.2, 0.25) is 5.89 Å². The first kappa shape index (κ1) is 16.4. The van der Waals surface area contributed by atoms with Crippen LogP contribution in [0.25, 0.3) is 22.6 Å². The maximum absolute atomic E-state index is 12.8. The van der Waals surface area contributed by atoms with E-state index in [2.05, 4.69) is 4.98 Å². The summed E-state index contributed by atoms with van der Waals surface area (Å²) in [5.41, 5.74) is 5.41. The predicted molar refractivity (Wildman–Crippen MR) is 107 cm³/mol. The van der Waals surface area contributed by atoms with E-state index < -0.39 is 0 Å². The summed E-state index contributed by atoms with van der Waals surface area (Å²) in [5, 5.41) is 0. The molecule has 5 rings (SSSR count). The van der Waals surface area contributed by atoms with Gasteiger partial charge in [-0.05, 0) is 55.3 Å². The van der Waals surface area contributed by atoms with E-state index in [0.717, 1.165) is 16.7 Å². The topological polar surface area (TPSA) is 63.4 Å². The van der Waals surface area contributed by atoms with E-state index in [1.165, 1.54) is 4.90 Å². The molecule has 28 heavy (non-hydrogen) atoms. The van der Waals surface area contributed by atoms with E-state index in [0.29, 0.717) is 33.8 Å². The second-order valence-electron chi connectivity index (χ2n) is 6.94. The van der Waals surface area contributed by atoms with Crippen molar-refractivity contribution in [2.24, 2.45) is 0 Å². The van der Waals surface area contributed by atoms with Crippen molar-refractivity contribution in [3.63, 3.8) is 0 Å². The van der Waals surface area contributed by atoms with Gasteiger partial charge in [0.1, 0.15) is 5.52 Å². The molecule has 5 nitrogen and oxygen atoms in total. The second kappa shape index (κ2) is 5.89. The summed E-state index contributed by atoms with van der Waals surface area (Å²) < 4.78 is 6.00. The van der Waals surface area contributed by atoms with Crippen molar-refractivity contribution in [1.29, 1.82) is 0 Å². The van der Waals surface area contributed by atoms with E-state index in [9.17, 15) is 9.59 Å². The number of rotatable bonds is 2. The number of carbonyl (C=O) groups excluding carboxylic acids is 2. The molecule has 2 amide bonds. The molecule has 0 atom stereocenters. The average Bonchev–Trinajstić information content (AvgIpc) is 3.22. The number of anilines is 1. The minimum atomic E-state index is -0.318.